The molecule has 0 radical (unpaired) electrons. The number of carbonyl (C=O) groups is 1. The van der Waals surface area contributed by atoms with E-state index in [4.69, 9.17) is 9.26 Å². The number of aryl methyl sites for hydroxylation is 1. The SMILES string of the molecule is COCC1(CNC(=O)c2noc3c2CCCC3)CCNCC1.Cl. The van der Waals surface area contributed by atoms with E-state index in [9.17, 15) is 4.79 Å². The van der Waals surface area contributed by atoms with Crippen LogP contribution in [0.1, 0.15) is 47.5 Å². The lowest BCUT2D eigenvalue weighted by molar-refractivity contribution is 0.0510. The van der Waals surface area contributed by atoms with Crippen LogP contribution in [-0.2, 0) is 17.6 Å². The van der Waals surface area contributed by atoms with Gasteiger partial charge < -0.3 is 19.9 Å². The fourth-order valence-corrected chi connectivity index (χ4v) is 3.55. The van der Waals surface area contributed by atoms with E-state index >= 15 is 0 Å². The van der Waals surface area contributed by atoms with Gasteiger partial charge in [0.15, 0.2) is 5.69 Å². The van der Waals surface area contributed by atoms with Crippen LogP contribution in [0.3, 0.4) is 0 Å². The third-order valence-electron chi connectivity index (χ3n) is 4.90. The highest BCUT2D eigenvalue weighted by Crippen LogP contribution is 2.29. The quantitative estimate of drug-likeness (QED) is 0.851. The predicted octanol–water partition coefficient (Wildman–Crippen LogP) is 1.72. The molecule has 1 fully saturated rings. The number of piperidine rings is 1. The number of rotatable bonds is 5. The maximum absolute atomic E-state index is 12.5. The molecule has 1 aromatic heterocycles. The van der Waals surface area contributed by atoms with E-state index in [2.05, 4.69) is 15.8 Å². The third kappa shape index (κ3) is 4.05. The number of nitrogens with one attached hydrogen (secondary N) is 2. The van der Waals surface area contributed by atoms with Gasteiger partial charge in [-0.2, -0.15) is 0 Å². The van der Waals surface area contributed by atoms with Crippen LogP contribution in [-0.4, -0.2) is 44.4 Å². The number of carbonyl (C=O) groups excluding carboxylic acids is 1. The average molecular weight is 344 g/mol. The Labute approximate surface area is 143 Å². The summed E-state index contributed by atoms with van der Waals surface area (Å²) in [5.74, 6) is 0.783. The summed E-state index contributed by atoms with van der Waals surface area (Å²) in [6, 6.07) is 0. The van der Waals surface area contributed by atoms with Gasteiger partial charge in [-0.1, -0.05) is 5.16 Å². The summed E-state index contributed by atoms with van der Waals surface area (Å²) in [6.45, 7) is 3.24. The number of hydrogen-bond acceptors (Lipinski definition) is 5. The van der Waals surface area contributed by atoms with Gasteiger partial charge in [-0.25, -0.2) is 0 Å². The monoisotopic (exact) mass is 343 g/mol. The van der Waals surface area contributed by atoms with Crippen LogP contribution in [0.4, 0.5) is 0 Å². The Kier molecular flexibility index (Phi) is 6.44. The minimum Gasteiger partial charge on any atom is -0.384 e. The molecule has 1 aliphatic heterocycles. The smallest absolute Gasteiger partial charge is 0.273 e. The Morgan fingerprint density at radius 1 is 1.35 bits per heavy atom. The van der Waals surface area contributed by atoms with Crippen molar-refractivity contribution in [3.8, 4) is 0 Å². The third-order valence-corrected chi connectivity index (χ3v) is 4.90. The van der Waals surface area contributed by atoms with Crippen molar-refractivity contribution < 1.29 is 14.1 Å². The van der Waals surface area contributed by atoms with Crippen molar-refractivity contribution in [1.82, 2.24) is 15.8 Å². The molecule has 1 saturated heterocycles. The predicted molar refractivity (Wildman–Crippen MR) is 89.1 cm³/mol. The van der Waals surface area contributed by atoms with E-state index in [1.165, 1.54) is 0 Å². The fourth-order valence-electron chi connectivity index (χ4n) is 3.55. The van der Waals surface area contributed by atoms with Crippen LogP contribution in [0.25, 0.3) is 0 Å². The van der Waals surface area contributed by atoms with Crippen LogP contribution in [0.5, 0.6) is 0 Å². The first-order valence-corrected chi connectivity index (χ1v) is 8.19. The Bertz CT molecular complexity index is 521. The van der Waals surface area contributed by atoms with Crippen molar-refractivity contribution in [2.24, 2.45) is 5.41 Å². The van der Waals surface area contributed by atoms with Crippen LogP contribution >= 0.6 is 12.4 Å². The summed E-state index contributed by atoms with van der Waals surface area (Å²) >= 11 is 0. The molecule has 1 aliphatic carbocycles. The van der Waals surface area contributed by atoms with Crippen molar-refractivity contribution in [3.63, 3.8) is 0 Å². The molecule has 1 aromatic rings. The maximum atomic E-state index is 12.5. The Morgan fingerprint density at radius 2 is 2.09 bits per heavy atom. The van der Waals surface area contributed by atoms with Crippen LogP contribution < -0.4 is 10.6 Å². The van der Waals surface area contributed by atoms with Gasteiger partial charge in [0, 0.05) is 31.1 Å². The minimum atomic E-state index is -0.110. The summed E-state index contributed by atoms with van der Waals surface area (Å²) in [7, 11) is 1.72. The van der Waals surface area contributed by atoms with Crippen molar-refractivity contribution >= 4 is 18.3 Å². The Balaban J connectivity index is 0.00000192. The Morgan fingerprint density at radius 3 is 2.83 bits per heavy atom. The van der Waals surface area contributed by atoms with Crippen molar-refractivity contribution in [2.45, 2.75) is 38.5 Å². The molecular weight excluding hydrogens is 318 g/mol. The molecule has 6 nitrogen and oxygen atoms in total. The number of halogens is 1. The number of nitrogens with zero attached hydrogens (tertiary/aromatic N) is 1. The van der Waals surface area contributed by atoms with Crippen molar-refractivity contribution in [3.05, 3.63) is 17.0 Å². The largest absolute Gasteiger partial charge is 0.384 e. The topological polar surface area (TPSA) is 76.4 Å². The summed E-state index contributed by atoms with van der Waals surface area (Å²) < 4.78 is 10.7. The van der Waals surface area contributed by atoms with Crippen LogP contribution in [0, 0.1) is 5.41 Å². The first kappa shape index (κ1) is 18.2. The lowest BCUT2D eigenvalue weighted by atomic mass is 9.79. The van der Waals surface area contributed by atoms with E-state index < -0.39 is 0 Å². The second-order valence-corrected chi connectivity index (χ2v) is 6.51. The van der Waals surface area contributed by atoms with Gasteiger partial charge in [0.1, 0.15) is 5.76 Å². The zero-order chi connectivity index (χ0) is 15.4. The lowest BCUT2D eigenvalue weighted by Gasteiger charge is -2.37. The molecule has 130 valence electrons. The molecule has 2 N–H and O–H groups in total. The van der Waals surface area contributed by atoms with Crippen LogP contribution in [0.15, 0.2) is 4.52 Å². The molecule has 0 spiro atoms. The molecule has 23 heavy (non-hydrogen) atoms. The normalized spacial score (nSPS) is 19.5. The van der Waals surface area contributed by atoms with E-state index in [-0.39, 0.29) is 23.7 Å². The van der Waals surface area contributed by atoms with E-state index in [0.29, 0.717) is 18.8 Å². The first-order valence-electron chi connectivity index (χ1n) is 8.19. The lowest BCUT2D eigenvalue weighted by Crippen LogP contribution is -2.47. The molecule has 0 atom stereocenters. The number of amides is 1. The molecule has 0 aromatic carbocycles. The number of ether oxygens (including phenoxy) is 1. The van der Waals surface area contributed by atoms with Gasteiger partial charge >= 0.3 is 0 Å². The fraction of sp³-hybridized carbons (Fsp3) is 0.750. The number of aromatic nitrogens is 1. The molecule has 2 heterocycles. The molecule has 1 amide bonds. The van der Waals surface area contributed by atoms with Gasteiger partial charge in [0.2, 0.25) is 0 Å². The summed E-state index contributed by atoms with van der Waals surface area (Å²) in [4.78, 5) is 12.5. The molecule has 0 unspecified atom stereocenters. The number of hydrogen-bond donors (Lipinski definition) is 2. The van der Waals surface area contributed by atoms with E-state index in [1.807, 2.05) is 0 Å². The second kappa shape index (κ2) is 8.13. The summed E-state index contributed by atoms with van der Waals surface area (Å²) in [5.41, 5.74) is 1.52. The van der Waals surface area contributed by atoms with Gasteiger partial charge in [-0.3, -0.25) is 4.79 Å². The van der Waals surface area contributed by atoms with E-state index in [1.54, 1.807) is 7.11 Å². The molecule has 0 saturated carbocycles. The second-order valence-electron chi connectivity index (χ2n) is 6.51. The molecule has 0 bridgehead atoms. The van der Waals surface area contributed by atoms with E-state index in [0.717, 1.165) is 62.9 Å². The van der Waals surface area contributed by atoms with Crippen LogP contribution in [0.2, 0.25) is 0 Å². The first-order chi connectivity index (χ1) is 10.7. The molecule has 7 heteroatoms. The average Bonchev–Trinajstić information content (AvgIpc) is 2.98. The van der Waals surface area contributed by atoms with Gasteiger partial charge in [0.25, 0.3) is 5.91 Å². The minimum absolute atomic E-state index is 0. The van der Waals surface area contributed by atoms with Gasteiger partial charge in [-0.05, 0) is 45.2 Å². The molecule has 3 rings (SSSR count). The highest BCUT2D eigenvalue weighted by Gasteiger charge is 2.33. The molecular formula is C16H26ClN3O3. The summed E-state index contributed by atoms with van der Waals surface area (Å²) in [5, 5.41) is 10.4. The highest BCUT2D eigenvalue weighted by molar-refractivity contribution is 5.93. The number of methoxy groups -OCH3 is 1. The van der Waals surface area contributed by atoms with Crippen molar-refractivity contribution in [2.75, 3.05) is 33.4 Å². The highest BCUT2D eigenvalue weighted by atomic mass is 35.5. The zero-order valence-electron chi connectivity index (χ0n) is 13.7. The standard InChI is InChI=1S/C16H25N3O3.ClH/c1-21-11-16(6-8-17-9-7-16)10-18-15(20)14-12-4-2-3-5-13(12)22-19-14;/h17H,2-11H2,1H3,(H,18,20);1H. The molecule has 2 aliphatic rings. The zero-order valence-corrected chi connectivity index (χ0v) is 14.5. The maximum Gasteiger partial charge on any atom is 0.273 e. The van der Waals surface area contributed by atoms with Gasteiger partial charge in [-0.15, -0.1) is 12.4 Å². The Hall–Kier alpha value is -1.11. The summed E-state index contributed by atoms with van der Waals surface area (Å²) in [6.07, 6.45) is 6.04. The van der Waals surface area contributed by atoms with Gasteiger partial charge in [0.05, 0.1) is 6.61 Å². The van der Waals surface area contributed by atoms with Crippen molar-refractivity contribution in [1.29, 1.82) is 0 Å². The number of fused-ring (bicyclic) bond motifs is 1.